The minimum absolute atomic E-state index is 0.0543. The van der Waals surface area contributed by atoms with E-state index in [-0.39, 0.29) is 5.43 Å². The number of nitrogens with zero attached hydrogens (tertiary/aromatic N) is 1. The monoisotopic (exact) mass is 226 g/mol. The van der Waals surface area contributed by atoms with Crippen LogP contribution < -0.4 is 5.43 Å². The Balaban J connectivity index is 2.32. The van der Waals surface area contributed by atoms with Crippen LogP contribution in [0.25, 0.3) is 22.5 Å². The van der Waals surface area contributed by atoms with Crippen LogP contribution in [0.5, 0.6) is 0 Å². The molecule has 0 fully saturated rings. The zero-order valence-corrected chi connectivity index (χ0v) is 9.23. The fourth-order valence-electron chi connectivity index (χ4n) is 1.79. The first-order valence-corrected chi connectivity index (χ1v) is 5.27. The van der Waals surface area contributed by atoms with Crippen molar-refractivity contribution in [2.75, 3.05) is 0 Å². The van der Waals surface area contributed by atoms with E-state index < -0.39 is 0 Å². The van der Waals surface area contributed by atoms with Crippen LogP contribution in [0.15, 0.2) is 45.9 Å². The highest BCUT2D eigenvalue weighted by Gasteiger charge is 2.06. The predicted octanol–water partition coefficient (Wildman–Crippen LogP) is 2.49. The number of rotatable bonds is 1. The minimum atomic E-state index is -0.0543. The van der Waals surface area contributed by atoms with Crippen LogP contribution in [0, 0.1) is 6.92 Å². The van der Waals surface area contributed by atoms with E-state index in [1.165, 1.54) is 6.07 Å². The van der Waals surface area contributed by atoms with Crippen molar-refractivity contribution in [3.05, 3.63) is 52.5 Å². The molecule has 4 nitrogen and oxygen atoms in total. The van der Waals surface area contributed by atoms with E-state index in [0.717, 1.165) is 5.56 Å². The van der Waals surface area contributed by atoms with Gasteiger partial charge < -0.3 is 9.40 Å². The lowest BCUT2D eigenvalue weighted by Crippen LogP contribution is -2.04. The summed E-state index contributed by atoms with van der Waals surface area (Å²) in [5, 5.41) is 0.598. The van der Waals surface area contributed by atoms with Crippen molar-refractivity contribution in [3.8, 4) is 11.5 Å². The molecule has 4 heteroatoms. The van der Waals surface area contributed by atoms with Crippen LogP contribution >= 0.6 is 0 Å². The highest BCUT2D eigenvalue weighted by molar-refractivity contribution is 5.77. The average Bonchev–Trinajstić information content (AvgIpc) is 2.83. The summed E-state index contributed by atoms with van der Waals surface area (Å²) in [5.41, 5.74) is 2.13. The lowest BCUT2D eigenvalue weighted by Gasteiger charge is -2.01. The van der Waals surface area contributed by atoms with Gasteiger partial charge in [-0.1, -0.05) is 0 Å². The SMILES string of the molecule is Cc1cnc2[nH]c(-c3ccco3)cc(=O)c2c1. The molecule has 3 aromatic rings. The molecule has 0 aromatic carbocycles. The number of H-pyrrole nitrogens is 1. The fourth-order valence-corrected chi connectivity index (χ4v) is 1.79. The number of nitrogens with one attached hydrogen (secondary N) is 1. The van der Waals surface area contributed by atoms with Crippen LogP contribution in [-0.2, 0) is 0 Å². The van der Waals surface area contributed by atoms with E-state index in [2.05, 4.69) is 9.97 Å². The Kier molecular flexibility index (Phi) is 2.08. The van der Waals surface area contributed by atoms with Gasteiger partial charge in [-0.3, -0.25) is 4.79 Å². The van der Waals surface area contributed by atoms with Gasteiger partial charge in [0.2, 0.25) is 0 Å². The first kappa shape index (κ1) is 9.84. The Morgan fingerprint density at radius 3 is 3.00 bits per heavy atom. The quantitative estimate of drug-likeness (QED) is 0.693. The maximum absolute atomic E-state index is 11.9. The molecule has 3 aromatic heterocycles. The molecule has 0 radical (unpaired) electrons. The summed E-state index contributed by atoms with van der Waals surface area (Å²) in [5.74, 6) is 0.631. The molecule has 0 aliphatic carbocycles. The number of pyridine rings is 2. The highest BCUT2D eigenvalue weighted by Crippen LogP contribution is 2.17. The van der Waals surface area contributed by atoms with Crippen molar-refractivity contribution >= 4 is 11.0 Å². The third-order valence-electron chi connectivity index (χ3n) is 2.61. The second kappa shape index (κ2) is 3.59. The molecule has 0 spiro atoms. The molecule has 84 valence electrons. The van der Waals surface area contributed by atoms with Crippen LogP contribution in [0.1, 0.15) is 5.56 Å². The van der Waals surface area contributed by atoms with E-state index >= 15 is 0 Å². The van der Waals surface area contributed by atoms with Gasteiger partial charge in [-0.25, -0.2) is 4.98 Å². The number of fused-ring (bicyclic) bond motifs is 1. The summed E-state index contributed by atoms with van der Waals surface area (Å²) in [6, 6.07) is 6.93. The van der Waals surface area contributed by atoms with Gasteiger partial charge in [0.1, 0.15) is 11.4 Å². The summed E-state index contributed by atoms with van der Waals surface area (Å²) in [6.45, 7) is 1.91. The maximum Gasteiger partial charge on any atom is 0.191 e. The number of hydrogen-bond acceptors (Lipinski definition) is 3. The molecule has 1 N–H and O–H groups in total. The lowest BCUT2D eigenvalue weighted by molar-refractivity contribution is 0.580. The number of aromatic amines is 1. The van der Waals surface area contributed by atoms with Crippen molar-refractivity contribution in [1.29, 1.82) is 0 Å². The Labute approximate surface area is 96.9 Å². The number of aryl methyl sites for hydroxylation is 1. The summed E-state index contributed by atoms with van der Waals surface area (Å²) >= 11 is 0. The number of furan rings is 1. The molecule has 0 saturated heterocycles. The molecular formula is C13H10N2O2. The maximum atomic E-state index is 11.9. The second-order valence-corrected chi connectivity index (χ2v) is 3.93. The Morgan fingerprint density at radius 1 is 1.35 bits per heavy atom. The van der Waals surface area contributed by atoms with Crippen molar-refractivity contribution in [2.45, 2.75) is 6.92 Å². The van der Waals surface area contributed by atoms with Crippen molar-refractivity contribution in [2.24, 2.45) is 0 Å². The third-order valence-corrected chi connectivity index (χ3v) is 2.61. The van der Waals surface area contributed by atoms with Crippen LogP contribution in [0.3, 0.4) is 0 Å². The minimum Gasteiger partial charge on any atom is -0.463 e. The summed E-state index contributed by atoms with van der Waals surface area (Å²) in [7, 11) is 0. The largest absolute Gasteiger partial charge is 0.463 e. The van der Waals surface area contributed by atoms with Gasteiger partial charge in [0, 0.05) is 12.3 Å². The van der Waals surface area contributed by atoms with E-state index in [1.807, 2.05) is 13.0 Å². The smallest absolute Gasteiger partial charge is 0.191 e. The van der Waals surface area contributed by atoms with Crippen LogP contribution in [0.2, 0.25) is 0 Å². The van der Waals surface area contributed by atoms with Gasteiger partial charge in [0.05, 0.1) is 17.3 Å². The van der Waals surface area contributed by atoms with Gasteiger partial charge in [-0.05, 0) is 30.7 Å². The predicted molar refractivity (Wildman–Crippen MR) is 64.8 cm³/mol. The summed E-state index contributed by atoms with van der Waals surface area (Å²) < 4.78 is 5.25. The number of hydrogen-bond donors (Lipinski definition) is 1. The Hall–Kier alpha value is -2.36. The van der Waals surface area contributed by atoms with Gasteiger partial charge in [-0.15, -0.1) is 0 Å². The van der Waals surface area contributed by atoms with E-state index in [1.54, 1.807) is 24.6 Å². The van der Waals surface area contributed by atoms with Crippen molar-refractivity contribution in [1.82, 2.24) is 9.97 Å². The number of aromatic nitrogens is 2. The lowest BCUT2D eigenvalue weighted by atomic mass is 10.2. The van der Waals surface area contributed by atoms with E-state index in [0.29, 0.717) is 22.5 Å². The van der Waals surface area contributed by atoms with Crippen molar-refractivity contribution in [3.63, 3.8) is 0 Å². The first-order chi connectivity index (χ1) is 8.24. The molecular weight excluding hydrogens is 216 g/mol. The molecule has 0 amide bonds. The standard InChI is InChI=1S/C13H10N2O2/c1-8-5-9-11(16)6-10(12-3-2-4-17-12)15-13(9)14-7-8/h2-7H,1H3,(H,14,15,16). The zero-order chi connectivity index (χ0) is 11.8. The Morgan fingerprint density at radius 2 is 2.24 bits per heavy atom. The van der Waals surface area contributed by atoms with Gasteiger partial charge in [-0.2, -0.15) is 0 Å². The Bertz CT molecular complexity index is 727. The first-order valence-electron chi connectivity index (χ1n) is 5.27. The van der Waals surface area contributed by atoms with Gasteiger partial charge in [0.25, 0.3) is 0 Å². The molecule has 0 atom stereocenters. The van der Waals surface area contributed by atoms with E-state index in [9.17, 15) is 4.79 Å². The van der Waals surface area contributed by atoms with E-state index in [4.69, 9.17) is 4.42 Å². The molecule has 3 rings (SSSR count). The molecule has 0 aliphatic rings. The molecule has 17 heavy (non-hydrogen) atoms. The summed E-state index contributed by atoms with van der Waals surface area (Å²) in [6.07, 6.45) is 3.30. The van der Waals surface area contributed by atoms with Gasteiger partial charge >= 0.3 is 0 Å². The fraction of sp³-hybridized carbons (Fsp3) is 0.0769. The summed E-state index contributed by atoms with van der Waals surface area (Å²) in [4.78, 5) is 19.3. The molecule has 0 saturated carbocycles. The average molecular weight is 226 g/mol. The van der Waals surface area contributed by atoms with Crippen molar-refractivity contribution < 1.29 is 4.42 Å². The van der Waals surface area contributed by atoms with Crippen LogP contribution in [-0.4, -0.2) is 9.97 Å². The molecule has 3 heterocycles. The van der Waals surface area contributed by atoms with Gasteiger partial charge in [0.15, 0.2) is 5.43 Å². The molecule has 0 bridgehead atoms. The topological polar surface area (TPSA) is 58.9 Å². The third kappa shape index (κ3) is 1.63. The zero-order valence-electron chi connectivity index (χ0n) is 9.23. The normalized spacial score (nSPS) is 10.9. The highest BCUT2D eigenvalue weighted by atomic mass is 16.3. The van der Waals surface area contributed by atoms with Crippen LogP contribution in [0.4, 0.5) is 0 Å². The molecule has 0 unspecified atom stereocenters. The second-order valence-electron chi connectivity index (χ2n) is 3.93. The molecule has 0 aliphatic heterocycles.